The molecule has 0 N–H and O–H groups in total. The number of para-hydroxylation sites is 1. The molecule has 0 bridgehead atoms. The molecule has 0 aliphatic rings. The first-order valence-electron chi connectivity index (χ1n) is 16.2. The molecule has 0 saturated carbocycles. The van der Waals surface area contributed by atoms with Gasteiger partial charge in [0.2, 0.25) is 0 Å². The van der Waals surface area contributed by atoms with Gasteiger partial charge in [-0.25, -0.2) is 0 Å². The van der Waals surface area contributed by atoms with Crippen LogP contribution in [0.5, 0.6) is 0 Å². The molecular weight excluding hydrogens is 567 g/mol. The number of hydrogen-bond donors (Lipinski definition) is 0. The second-order valence-electron chi connectivity index (χ2n) is 12.1. The number of hydrogen-bond acceptors (Lipinski definition) is 1. The Morgan fingerprint density at radius 1 is 0.277 bits per heavy atom. The van der Waals surface area contributed by atoms with Crippen LogP contribution in [0.15, 0.2) is 188 Å². The number of rotatable bonds is 5. The second kappa shape index (κ2) is 11.3. The Hall–Kier alpha value is -6.18. The molecule has 1 nitrogen and oxygen atoms in total. The van der Waals surface area contributed by atoms with Gasteiger partial charge in [-0.15, -0.1) is 0 Å². The van der Waals surface area contributed by atoms with Crippen LogP contribution in [0, 0.1) is 0 Å². The Kier molecular flexibility index (Phi) is 6.54. The van der Waals surface area contributed by atoms with Gasteiger partial charge in [-0.2, -0.15) is 0 Å². The fraction of sp³-hybridized carbons (Fsp3) is 0. The molecule has 0 aliphatic carbocycles. The van der Waals surface area contributed by atoms with Gasteiger partial charge < -0.3 is 4.90 Å². The molecule has 9 aromatic carbocycles. The standard InChI is InChI=1S/C46H31N/c1-2-17-36(18-3-1)47(38-30-25-32-13-4-5-15-35(32)31-38)37-28-26-34(27-29-37)45-41-20-8-10-22-43(41)46(44-23-11-9-21-42(44)45)40-24-12-16-33-14-6-7-19-39(33)40/h1-31H. The maximum absolute atomic E-state index is 2.34. The molecule has 0 amide bonds. The van der Waals surface area contributed by atoms with E-state index in [2.05, 4.69) is 193 Å². The smallest absolute Gasteiger partial charge is 0.0468 e. The van der Waals surface area contributed by atoms with Gasteiger partial charge in [-0.05, 0) is 102 Å². The van der Waals surface area contributed by atoms with E-state index in [4.69, 9.17) is 0 Å². The average molecular weight is 598 g/mol. The summed E-state index contributed by atoms with van der Waals surface area (Å²) in [5.41, 5.74) is 8.42. The van der Waals surface area contributed by atoms with Crippen LogP contribution in [0.1, 0.15) is 0 Å². The van der Waals surface area contributed by atoms with Crippen LogP contribution in [-0.4, -0.2) is 0 Å². The third-order valence-electron chi connectivity index (χ3n) is 9.41. The van der Waals surface area contributed by atoms with Crippen molar-refractivity contribution in [2.24, 2.45) is 0 Å². The first kappa shape index (κ1) is 27.2. The molecule has 0 fully saturated rings. The van der Waals surface area contributed by atoms with Crippen LogP contribution in [0.4, 0.5) is 17.1 Å². The van der Waals surface area contributed by atoms with Crippen LogP contribution >= 0.6 is 0 Å². The Morgan fingerprint density at radius 2 is 0.766 bits per heavy atom. The van der Waals surface area contributed by atoms with Crippen LogP contribution in [0.25, 0.3) is 65.3 Å². The zero-order valence-corrected chi connectivity index (χ0v) is 25.8. The van der Waals surface area contributed by atoms with Crippen molar-refractivity contribution in [3.63, 3.8) is 0 Å². The highest BCUT2D eigenvalue weighted by atomic mass is 15.1. The molecule has 0 aliphatic heterocycles. The van der Waals surface area contributed by atoms with Crippen molar-refractivity contribution in [1.29, 1.82) is 0 Å². The molecule has 0 atom stereocenters. The summed E-state index contributed by atoms with van der Waals surface area (Å²) in [6, 6.07) is 68.2. The van der Waals surface area contributed by atoms with Gasteiger partial charge in [-0.1, -0.05) is 152 Å². The Bertz CT molecular complexity index is 2500. The molecule has 1 heteroatoms. The van der Waals surface area contributed by atoms with Crippen molar-refractivity contribution in [3.8, 4) is 22.3 Å². The highest BCUT2D eigenvalue weighted by Gasteiger charge is 2.19. The fourth-order valence-corrected chi connectivity index (χ4v) is 7.29. The molecule has 0 aromatic heterocycles. The summed E-state index contributed by atoms with van der Waals surface area (Å²) in [5, 5.41) is 10.1. The minimum atomic E-state index is 1.12. The molecule has 220 valence electrons. The third-order valence-corrected chi connectivity index (χ3v) is 9.41. The van der Waals surface area contributed by atoms with Crippen LogP contribution < -0.4 is 4.90 Å². The number of nitrogens with zero attached hydrogens (tertiary/aromatic N) is 1. The molecule has 0 heterocycles. The van der Waals surface area contributed by atoms with E-state index in [0.29, 0.717) is 0 Å². The van der Waals surface area contributed by atoms with Gasteiger partial charge in [0.15, 0.2) is 0 Å². The van der Waals surface area contributed by atoms with E-state index in [1.807, 2.05) is 0 Å². The van der Waals surface area contributed by atoms with Crippen molar-refractivity contribution in [2.45, 2.75) is 0 Å². The Morgan fingerprint density at radius 3 is 1.45 bits per heavy atom. The van der Waals surface area contributed by atoms with Gasteiger partial charge in [0.25, 0.3) is 0 Å². The normalized spacial score (nSPS) is 11.4. The highest BCUT2D eigenvalue weighted by molar-refractivity contribution is 6.23. The lowest BCUT2D eigenvalue weighted by atomic mass is 9.85. The van der Waals surface area contributed by atoms with Crippen molar-refractivity contribution in [2.75, 3.05) is 4.90 Å². The predicted molar refractivity (Wildman–Crippen MR) is 202 cm³/mol. The van der Waals surface area contributed by atoms with E-state index in [9.17, 15) is 0 Å². The van der Waals surface area contributed by atoms with Crippen LogP contribution in [0.2, 0.25) is 0 Å². The summed E-state index contributed by atoms with van der Waals surface area (Å²) in [6.07, 6.45) is 0. The molecule has 9 aromatic rings. The molecule has 0 saturated heterocycles. The van der Waals surface area contributed by atoms with Gasteiger partial charge in [0.05, 0.1) is 0 Å². The maximum Gasteiger partial charge on any atom is 0.0468 e. The van der Waals surface area contributed by atoms with E-state index in [1.165, 1.54) is 65.3 Å². The van der Waals surface area contributed by atoms with Gasteiger partial charge in [0, 0.05) is 17.1 Å². The number of benzene rings is 9. The van der Waals surface area contributed by atoms with Crippen molar-refractivity contribution < 1.29 is 0 Å². The maximum atomic E-state index is 2.34. The minimum Gasteiger partial charge on any atom is -0.310 e. The Labute approximate surface area is 274 Å². The fourth-order valence-electron chi connectivity index (χ4n) is 7.29. The summed E-state index contributed by atoms with van der Waals surface area (Å²) >= 11 is 0. The monoisotopic (exact) mass is 597 g/mol. The topological polar surface area (TPSA) is 3.24 Å². The Balaban J connectivity index is 1.24. The first-order chi connectivity index (χ1) is 23.3. The molecule has 0 radical (unpaired) electrons. The largest absolute Gasteiger partial charge is 0.310 e. The van der Waals surface area contributed by atoms with E-state index >= 15 is 0 Å². The highest BCUT2D eigenvalue weighted by Crippen LogP contribution is 2.46. The predicted octanol–water partition coefficient (Wildman–Crippen LogP) is 13.1. The van der Waals surface area contributed by atoms with E-state index < -0.39 is 0 Å². The SMILES string of the molecule is c1ccc(N(c2ccc(-c3c4ccccc4c(-c4cccc5ccccc45)c4ccccc34)cc2)c2ccc3ccccc3c2)cc1. The molecular formula is C46H31N. The van der Waals surface area contributed by atoms with Gasteiger partial charge in [0.1, 0.15) is 0 Å². The zero-order chi connectivity index (χ0) is 31.2. The molecule has 9 rings (SSSR count). The third kappa shape index (κ3) is 4.64. The quantitative estimate of drug-likeness (QED) is 0.178. The van der Waals surface area contributed by atoms with E-state index in [0.717, 1.165) is 17.1 Å². The summed E-state index contributed by atoms with van der Waals surface area (Å²) in [7, 11) is 0. The number of fused-ring (bicyclic) bond motifs is 4. The summed E-state index contributed by atoms with van der Waals surface area (Å²) in [5.74, 6) is 0. The summed E-state index contributed by atoms with van der Waals surface area (Å²) < 4.78 is 0. The molecule has 0 unspecified atom stereocenters. The van der Waals surface area contributed by atoms with Gasteiger partial charge >= 0.3 is 0 Å². The lowest BCUT2D eigenvalue weighted by Gasteiger charge is -2.26. The average Bonchev–Trinajstić information content (AvgIpc) is 3.14. The molecule has 0 spiro atoms. The second-order valence-corrected chi connectivity index (χ2v) is 12.1. The molecule has 47 heavy (non-hydrogen) atoms. The zero-order valence-electron chi connectivity index (χ0n) is 25.8. The first-order valence-corrected chi connectivity index (χ1v) is 16.2. The van der Waals surface area contributed by atoms with E-state index in [1.54, 1.807) is 0 Å². The number of anilines is 3. The minimum absolute atomic E-state index is 1.12. The van der Waals surface area contributed by atoms with Crippen LogP contribution in [-0.2, 0) is 0 Å². The van der Waals surface area contributed by atoms with Crippen molar-refractivity contribution >= 4 is 60.2 Å². The lowest BCUT2D eigenvalue weighted by Crippen LogP contribution is -2.09. The van der Waals surface area contributed by atoms with Gasteiger partial charge in [-0.3, -0.25) is 0 Å². The van der Waals surface area contributed by atoms with Crippen molar-refractivity contribution in [1.82, 2.24) is 0 Å². The van der Waals surface area contributed by atoms with Crippen molar-refractivity contribution in [3.05, 3.63) is 188 Å². The van der Waals surface area contributed by atoms with E-state index in [-0.39, 0.29) is 0 Å². The summed E-state index contributed by atoms with van der Waals surface area (Å²) in [4.78, 5) is 2.34. The lowest BCUT2D eigenvalue weighted by molar-refractivity contribution is 1.29. The summed E-state index contributed by atoms with van der Waals surface area (Å²) in [6.45, 7) is 0. The van der Waals surface area contributed by atoms with Crippen LogP contribution in [0.3, 0.4) is 0 Å².